The summed E-state index contributed by atoms with van der Waals surface area (Å²) in [4.78, 5) is 1.46. The van der Waals surface area contributed by atoms with Gasteiger partial charge in [0.05, 0.1) is 6.10 Å². The van der Waals surface area contributed by atoms with Crippen molar-refractivity contribution in [3.8, 4) is 0 Å². The number of thioether (sulfide) groups is 1. The SMILES string of the molecule is OC(CCC1Cc2ccccc2S1)C1CCCC1. The van der Waals surface area contributed by atoms with E-state index in [1.165, 1.54) is 42.6 Å². The molecule has 0 radical (unpaired) electrons. The Balaban J connectivity index is 1.48. The van der Waals surface area contributed by atoms with Gasteiger partial charge in [0.1, 0.15) is 0 Å². The molecule has 0 bridgehead atoms. The van der Waals surface area contributed by atoms with Crippen LogP contribution in [0.4, 0.5) is 0 Å². The Kier molecular flexibility index (Phi) is 3.95. The zero-order valence-electron chi connectivity index (χ0n) is 10.8. The van der Waals surface area contributed by atoms with Crippen molar-refractivity contribution in [3.63, 3.8) is 0 Å². The minimum absolute atomic E-state index is 0.0446. The minimum Gasteiger partial charge on any atom is -0.393 e. The van der Waals surface area contributed by atoms with Crippen LogP contribution >= 0.6 is 11.8 Å². The number of hydrogen-bond acceptors (Lipinski definition) is 2. The molecule has 2 aliphatic rings. The lowest BCUT2D eigenvalue weighted by Crippen LogP contribution is -2.19. The summed E-state index contributed by atoms with van der Waals surface area (Å²) in [7, 11) is 0. The minimum atomic E-state index is -0.0446. The standard InChI is InChI=1S/C16H22OS/c17-15(12-5-1-2-6-12)10-9-14-11-13-7-3-4-8-16(13)18-14/h3-4,7-8,12,14-15,17H,1-2,5-6,9-11H2. The summed E-state index contributed by atoms with van der Waals surface area (Å²) in [6.07, 6.45) is 8.46. The molecule has 0 amide bonds. The lowest BCUT2D eigenvalue weighted by atomic mass is 9.95. The van der Waals surface area contributed by atoms with Crippen molar-refractivity contribution in [3.05, 3.63) is 29.8 Å². The molecule has 2 unspecified atom stereocenters. The van der Waals surface area contributed by atoms with Gasteiger partial charge >= 0.3 is 0 Å². The number of aliphatic hydroxyl groups is 1. The fraction of sp³-hybridized carbons (Fsp3) is 0.625. The third kappa shape index (κ3) is 2.75. The summed E-state index contributed by atoms with van der Waals surface area (Å²) < 4.78 is 0. The molecule has 98 valence electrons. The smallest absolute Gasteiger partial charge is 0.0568 e. The van der Waals surface area contributed by atoms with E-state index in [1.807, 2.05) is 11.8 Å². The molecule has 2 heteroatoms. The molecule has 18 heavy (non-hydrogen) atoms. The van der Waals surface area contributed by atoms with Crippen LogP contribution in [0, 0.1) is 5.92 Å². The Hall–Kier alpha value is -0.470. The van der Waals surface area contributed by atoms with E-state index >= 15 is 0 Å². The third-order valence-corrected chi connectivity index (χ3v) is 5.83. The summed E-state index contributed by atoms with van der Waals surface area (Å²) in [5, 5.41) is 10.9. The van der Waals surface area contributed by atoms with Crippen molar-refractivity contribution >= 4 is 11.8 Å². The van der Waals surface area contributed by atoms with E-state index in [0.717, 1.165) is 12.8 Å². The first-order valence-electron chi connectivity index (χ1n) is 7.25. The summed E-state index contributed by atoms with van der Waals surface area (Å²) >= 11 is 2.01. The van der Waals surface area contributed by atoms with E-state index < -0.39 is 0 Å². The zero-order chi connectivity index (χ0) is 12.4. The van der Waals surface area contributed by atoms with Crippen molar-refractivity contribution in [1.82, 2.24) is 0 Å². The van der Waals surface area contributed by atoms with Crippen LogP contribution in [0.1, 0.15) is 44.1 Å². The van der Waals surface area contributed by atoms with Gasteiger partial charge in [-0.1, -0.05) is 31.0 Å². The van der Waals surface area contributed by atoms with Crippen LogP contribution in [0.3, 0.4) is 0 Å². The van der Waals surface area contributed by atoms with E-state index in [2.05, 4.69) is 24.3 Å². The molecular weight excluding hydrogens is 240 g/mol. The van der Waals surface area contributed by atoms with Crippen LogP contribution in [0.15, 0.2) is 29.2 Å². The molecule has 2 atom stereocenters. The second-order valence-electron chi connectivity index (χ2n) is 5.74. The lowest BCUT2D eigenvalue weighted by molar-refractivity contribution is 0.0996. The van der Waals surface area contributed by atoms with E-state index in [4.69, 9.17) is 0 Å². The van der Waals surface area contributed by atoms with Gasteiger partial charge in [-0.25, -0.2) is 0 Å². The zero-order valence-corrected chi connectivity index (χ0v) is 11.7. The average Bonchev–Trinajstić information content (AvgIpc) is 3.04. The molecule has 1 aromatic rings. The Morgan fingerprint density at radius 2 is 2.00 bits per heavy atom. The molecule has 3 rings (SSSR count). The number of rotatable bonds is 4. The molecule has 0 saturated heterocycles. The van der Waals surface area contributed by atoms with Gasteiger partial charge in [0.2, 0.25) is 0 Å². The first-order chi connectivity index (χ1) is 8.83. The van der Waals surface area contributed by atoms with Crippen molar-refractivity contribution in [1.29, 1.82) is 0 Å². The number of fused-ring (bicyclic) bond motifs is 1. The average molecular weight is 262 g/mol. The molecule has 1 aliphatic heterocycles. The molecule has 1 aliphatic carbocycles. The highest BCUT2D eigenvalue weighted by molar-refractivity contribution is 8.00. The largest absolute Gasteiger partial charge is 0.393 e. The van der Waals surface area contributed by atoms with Crippen molar-refractivity contribution in [2.24, 2.45) is 5.92 Å². The highest BCUT2D eigenvalue weighted by atomic mass is 32.2. The molecular formula is C16H22OS. The fourth-order valence-corrected chi connectivity index (χ4v) is 4.69. The molecule has 0 spiro atoms. The highest BCUT2D eigenvalue weighted by Crippen LogP contribution is 2.39. The Bertz CT molecular complexity index is 373. The van der Waals surface area contributed by atoms with Crippen molar-refractivity contribution in [2.75, 3.05) is 0 Å². The van der Waals surface area contributed by atoms with Gasteiger partial charge in [-0.15, -0.1) is 11.8 Å². The van der Waals surface area contributed by atoms with Gasteiger partial charge < -0.3 is 5.11 Å². The maximum Gasteiger partial charge on any atom is 0.0568 e. The molecule has 1 heterocycles. The Morgan fingerprint density at radius 1 is 1.22 bits per heavy atom. The van der Waals surface area contributed by atoms with Gasteiger partial charge in [0.25, 0.3) is 0 Å². The van der Waals surface area contributed by atoms with Gasteiger partial charge in [0, 0.05) is 10.1 Å². The normalized spacial score (nSPS) is 25.3. The summed E-state index contributed by atoms with van der Waals surface area (Å²) in [6.45, 7) is 0. The van der Waals surface area contributed by atoms with Gasteiger partial charge in [-0.3, -0.25) is 0 Å². The van der Waals surface area contributed by atoms with Crippen LogP contribution in [0.2, 0.25) is 0 Å². The monoisotopic (exact) mass is 262 g/mol. The maximum atomic E-state index is 10.2. The topological polar surface area (TPSA) is 20.2 Å². The van der Waals surface area contributed by atoms with E-state index in [9.17, 15) is 5.11 Å². The number of benzene rings is 1. The molecule has 1 nitrogen and oxygen atoms in total. The van der Waals surface area contributed by atoms with Crippen LogP contribution in [-0.2, 0) is 6.42 Å². The molecule has 1 N–H and O–H groups in total. The molecule has 1 fully saturated rings. The molecule has 1 saturated carbocycles. The fourth-order valence-electron chi connectivity index (χ4n) is 3.35. The lowest BCUT2D eigenvalue weighted by Gasteiger charge is -2.19. The molecule has 1 aromatic carbocycles. The van der Waals surface area contributed by atoms with Crippen LogP contribution < -0.4 is 0 Å². The van der Waals surface area contributed by atoms with Gasteiger partial charge in [-0.05, 0) is 49.7 Å². The maximum absolute atomic E-state index is 10.2. The third-order valence-electron chi connectivity index (χ3n) is 4.44. The number of aliphatic hydroxyl groups excluding tert-OH is 1. The predicted molar refractivity (Wildman–Crippen MR) is 77.0 cm³/mol. The highest BCUT2D eigenvalue weighted by Gasteiger charge is 2.26. The van der Waals surface area contributed by atoms with Crippen LogP contribution in [0.25, 0.3) is 0 Å². The van der Waals surface area contributed by atoms with Crippen molar-refractivity contribution in [2.45, 2.75) is 61.2 Å². The van der Waals surface area contributed by atoms with Gasteiger partial charge in [0.15, 0.2) is 0 Å². The van der Waals surface area contributed by atoms with Crippen molar-refractivity contribution < 1.29 is 5.11 Å². The molecule has 0 aromatic heterocycles. The summed E-state index contributed by atoms with van der Waals surface area (Å²) in [6, 6.07) is 8.74. The Labute approximate surface area is 114 Å². The second-order valence-corrected chi connectivity index (χ2v) is 7.08. The number of hydrogen-bond donors (Lipinski definition) is 1. The van der Waals surface area contributed by atoms with Crippen LogP contribution in [0.5, 0.6) is 0 Å². The van der Waals surface area contributed by atoms with E-state index in [-0.39, 0.29) is 6.10 Å². The first-order valence-corrected chi connectivity index (χ1v) is 8.13. The van der Waals surface area contributed by atoms with E-state index in [0.29, 0.717) is 11.2 Å². The summed E-state index contributed by atoms with van der Waals surface area (Å²) in [5.41, 5.74) is 1.50. The first kappa shape index (κ1) is 12.6. The summed E-state index contributed by atoms with van der Waals surface area (Å²) in [5.74, 6) is 0.596. The van der Waals surface area contributed by atoms with E-state index in [1.54, 1.807) is 0 Å². The van der Waals surface area contributed by atoms with Gasteiger partial charge in [-0.2, -0.15) is 0 Å². The van der Waals surface area contributed by atoms with Crippen LogP contribution in [-0.4, -0.2) is 16.5 Å². The predicted octanol–water partition coefficient (Wildman–Crippen LogP) is 4.03. The second kappa shape index (κ2) is 5.66. The quantitative estimate of drug-likeness (QED) is 0.884. The Morgan fingerprint density at radius 3 is 2.78 bits per heavy atom.